The van der Waals surface area contributed by atoms with Crippen molar-refractivity contribution in [1.29, 1.82) is 0 Å². The Morgan fingerprint density at radius 2 is 1.90 bits per heavy atom. The molecule has 0 aromatic heterocycles. The molecule has 0 atom stereocenters. The maximum absolute atomic E-state index is 9.93. The van der Waals surface area contributed by atoms with Crippen LogP contribution < -0.4 is 0 Å². The predicted molar refractivity (Wildman–Crippen MR) is 50.2 cm³/mol. The molecular formula is C6H12Br2O2. The lowest BCUT2D eigenvalue weighted by Crippen LogP contribution is -1.93. The third-order valence-corrected chi connectivity index (χ3v) is 1.46. The van der Waals surface area contributed by atoms with Gasteiger partial charge in [-0.05, 0) is 12.3 Å². The first-order valence-electron chi connectivity index (χ1n) is 3.01. The normalized spacial score (nSPS) is 14.8. The van der Waals surface area contributed by atoms with Crippen molar-refractivity contribution in [1.82, 2.24) is 0 Å². The minimum Gasteiger partial charge on any atom is -0.481 e. The van der Waals surface area contributed by atoms with E-state index < -0.39 is 5.97 Å². The highest BCUT2D eigenvalue weighted by Gasteiger charge is 2.21. The third-order valence-electron chi connectivity index (χ3n) is 1.46. The van der Waals surface area contributed by atoms with Gasteiger partial charge in [-0.1, -0.05) is 12.8 Å². The van der Waals surface area contributed by atoms with Gasteiger partial charge in [-0.2, -0.15) is 0 Å². The largest absolute Gasteiger partial charge is 0.481 e. The smallest absolute Gasteiger partial charge is 0.303 e. The van der Waals surface area contributed by atoms with Crippen molar-refractivity contribution in [3.63, 3.8) is 0 Å². The molecule has 62 valence electrons. The van der Waals surface area contributed by atoms with E-state index in [1.807, 2.05) is 0 Å². The summed E-state index contributed by atoms with van der Waals surface area (Å²) < 4.78 is 0. The van der Waals surface area contributed by atoms with Crippen LogP contribution in [0.2, 0.25) is 0 Å². The van der Waals surface area contributed by atoms with Crippen molar-refractivity contribution in [2.24, 2.45) is 5.92 Å². The van der Waals surface area contributed by atoms with Crippen LogP contribution in [0.25, 0.3) is 0 Å². The molecule has 4 heteroatoms. The molecule has 1 rings (SSSR count). The molecule has 0 radical (unpaired) electrons. The Morgan fingerprint density at radius 1 is 1.40 bits per heavy atom. The van der Waals surface area contributed by atoms with Crippen molar-refractivity contribution in [2.75, 3.05) is 0 Å². The maximum atomic E-state index is 9.93. The molecule has 1 aliphatic carbocycles. The highest BCUT2D eigenvalue weighted by Crippen LogP contribution is 2.33. The van der Waals surface area contributed by atoms with Gasteiger partial charge in [0.15, 0.2) is 0 Å². The van der Waals surface area contributed by atoms with Crippen molar-refractivity contribution in [2.45, 2.75) is 25.7 Å². The standard InChI is InChI=1S/C6H10O2.2BrH/c7-6(8)4-3-5-1-2-5;;/h5H,1-4H2,(H,7,8);2*1H. The zero-order valence-electron chi connectivity index (χ0n) is 5.58. The van der Waals surface area contributed by atoms with E-state index in [0.29, 0.717) is 6.42 Å². The summed E-state index contributed by atoms with van der Waals surface area (Å²) in [6, 6.07) is 0. The molecule has 0 heterocycles. The fourth-order valence-corrected chi connectivity index (χ4v) is 0.734. The topological polar surface area (TPSA) is 37.3 Å². The Balaban J connectivity index is 0. The molecule has 0 aromatic carbocycles. The van der Waals surface area contributed by atoms with Gasteiger partial charge in [-0.25, -0.2) is 0 Å². The molecule has 2 nitrogen and oxygen atoms in total. The second-order valence-corrected chi connectivity index (χ2v) is 2.38. The fraction of sp³-hybridized carbons (Fsp3) is 0.833. The number of carboxylic acids is 1. The van der Waals surface area contributed by atoms with Gasteiger partial charge in [0.05, 0.1) is 0 Å². The van der Waals surface area contributed by atoms with Crippen LogP contribution in [0.15, 0.2) is 0 Å². The molecule has 0 aliphatic heterocycles. The second-order valence-electron chi connectivity index (χ2n) is 2.38. The van der Waals surface area contributed by atoms with E-state index in [0.717, 1.165) is 12.3 Å². The van der Waals surface area contributed by atoms with Crippen molar-refractivity contribution in [3.8, 4) is 0 Å². The van der Waals surface area contributed by atoms with Crippen LogP contribution >= 0.6 is 34.0 Å². The van der Waals surface area contributed by atoms with Gasteiger partial charge in [0.1, 0.15) is 0 Å². The number of carbonyl (C=O) groups is 1. The third kappa shape index (κ3) is 6.55. The Kier molecular flexibility index (Phi) is 8.04. The quantitative estimate of drug-likeness (QED) is 0.859. The number of aliphatic carboxylic acids is 1. The molecule has 1 saturated carbocycles. The first kappa shape index (κ1) is 13.1. The van der Waals surface area contributed by atoms with E-state index in [-0.39, 0.29) is 34.0 Å². The SMILES string of the molecule is Br.Br.O=C(O)CCC1CC1. The lowest BCUT2D eigenvalue weighted by atomic mass is 10.2. The van der Waals surface area contributed by atoms with Gasteiger partial charge >= 0.3 is 5.97 Å². The monoisotopic (exact) mass is 274 g/mol. The van der Waals surface area contributed by atoms with Crippen molar-refractivity contribution >= 4 is 39.9 Å². The zero-order chi connectivity index (χ0) is 5.98. The van der Waals surface area contributed by atoms with Gasteiger partial charge in [-0.3, -0.25) is 4.79 Å². The highest BCUT2D eigenvalue weighted by atomic mass is 79.9. The molecule has 0 aromatic rings. The summed E-state index contributed by atoms with van der Waals surface area (Å²) >= 11 is 0. The summed E-state index contributed by atoms with van der Waals surface area (Å²) in [7, 11) is 0. The van der Waals surface area contributed by atoms with Crippen LogP contribution in [0.3, 0.4) is 0 Å². The first-order valence-corrected chi connectivity index (χ1v) is 3.01. The first-order chi connectivity index (χ1) is 3.79. The molecule has 0 amide bonds. The van der Waals surface area contributed by atoms with Crippen LogP contribution in [-0.2, 0) is 4.79 Å². The van der Waals surface area contributed by atoms with Crippen LogP contribution in [0.4, 0.5) is 0 Å². The highest BCUT2D eigenvalue weighted by molar-refractivity contribution is 8.93. The predicted octanol–water partition coefficient (Wildman–Crippen LogP) is 2.42. The number of carboxylic acid groups (broad SMARTS) is 1. The molecule has 0 bridgehead atoms. The molecule has 0 unspecified atom stereocenters. The van der Waals surface area contributed by atoms with E-state index in [1.54, 1.807) is 0 Å². The average Bonchev–Trinajstić information content (AvgIpc) is 2.41. The van der Waals surface area contributed by atoms with Gasteiger partial charge in [0, 0.05) is 6.42 Å². The summed E-state index contributed by atoms with van der Waals surface area (Å²) in [5.41, 5.74) is 0. The van der Waals surface area contributed by atoms with Gasteiger partial charge in [0.2, 0.25) is 0 Å². The van der Waals surface area contributed by atoms with Crippen molar-refractivity contribution < 1.29 is 9.90 Å². The Bertz CT molecular complexity index is 102. The van der Waals surface area contributed by atoms with Crippen LogP contribution in [0.1, 0.15) is 25.7 Å². The van der Waals surface area contributed by atoms with E-state index in [2.05, 4.69) is 0 Å². The zero-order valence-corrected chi connectivity index (χ0v) is 9.00. The molecule has 0 spiro atoms. The molecule has 1 fully saturated rings. The van der Waals surface area contributed by atoms with Crippen LogP contribution in [0.5, 0.6) is 0 Å². The maximum Gasteiger partial charge on any atom is 0.303 e. The van der Waals surface area contributed by atoms with Gasteiger partial charge in [0.25, 0.3) is 0 Å². The summed E-state index contributed by atoms with van der Waals surface area (Å²) in [4.78, 5) is 9.93. The number of hydrogen-bond acceptors (Lipinski definition) is 1. The molecule has 1 aliphatic rings. The summed E-state index contributed by atoms with van der Waals surface area (Å²) in [5, 5.41) is 8.19. The average molecular weight is 276 g/mol. The lowest BCUT2D eigenvalue weighted by Gasteiger charge is -1.87. The molecular weight excluding hydrogens is 264 g/mol. The Labute approximate surface area is 81.5 Å². The number of hydrogen-bond donors (Lipinski definition) is 1. The van der Waals surface area contributed by atoms with E-state index in [1.165, 1.54) is 12.8 Å². The molecule has 10 heavy (non-hydrogen) atoms. The summed E-state index contributed by atoms with van der Waals surface area (Å²) in [5.74, 6) is 0.100. The number of halogens is 2. The fourth-order valence-electron chi connectivity index (χ4n) is 0.734. The lowest BCUT2D eigenvalue weighted by molar-refractivity contribution is -0.137. The summed E-state index contributed by atoms with van der Waals surface area (Å²) in [6.07, 6.45) is 3.78. The number of rotatable bonds is 3. The van der Waals surface area contributed by atoms with Gasteiger partial charge in [-0.15, -0.1) is 34.0 Å². The summed E-state index contributed by atoms with van der Waals surface area (Å²) in [6.45, 7) is 0. The Hall–Kier alpha value is 0.430. The van der Waals surface area contributed by atoms with Crippen LogP contribution in [0, 0.1) is 5.92 Å². The van der Waals surface area contributed by atoms with E-state index >= 15 is 0 Å². The van der Waals surface area contributed by atoms with Crippen molar-refractivity contribution in [3.05, 3.63) is 0 Å². The van der Waals surface area contributed by atoms with Crippen LogP contribution in [-0.4, -0.2) is 11.1 Å². The van der Waals surface area contributed by atoms with E-state index in [9.17, 15) is 4.79 Å². The minimum absolute atomic E-state index is 0. The van der Waals surface area contributed by atoms with E-state index in [4.69, 9.17) is 5.11 Å². The second kappa shape index (κ2) is 6.16. The Morgan fingerprint density at radius 3 is 2.20 bits per heavy atom. The van der Waals surface area contributed by atoms with Gasteiger partial charge < -0.3 is 5.11 Å². The molecule has 0 saturated heterocycles. The minimum atomic E-state index is -0.656. The molecule has 1 N–H and O–H groups in total.